The van der Waals surface area contributed by atoms with Gasteiger partial charge in [0.15, 0.2) is 5.96 Å². The van der Waals surface area contributed by atoms with Crippen molar-refractivity contribution in [2.45, 2.75) is 51.3 Å². The molecule has 0 atom stereocenters. The molecule has 1 aliphatic carbocycles. The molecule has 0 heterocycles. The van der Waals surface area contributed by atoms with Gasteiger partial charge in [-0.15, -0.1) is 24.0 Å². The molecular formula is C16H23F3IN3O. The molecule has 1 aromatic rings. The van der Waals surface area contributed by atoms with Crippen LogP contribution in [0.25, 0.3) is 0 Å². The van der Waals surface area contributed by atoms with Crippen LogP contribution in [0.3, 0.4) is 0 Å². The molecule has 136 valence electrons. The van der Waals surface area contributed by atoms with Gasteiger partial charge in [0.2, 0.25) is 0 Å². The number of guanidine groups is 1. The van der Waals surface area contributed by atoms with Crippen LogP contribution < -0.4 is 15.4 Å². The van der Waals surface area contributed by atoms with Crippen LogP contribution in [0.4, 0.5) is 13.2 Å². The highest BCUT2D eigenvalue weighted by molar-refractivity contribution is 14.0. The Morgan fingerprint density at radius 3 is 2.62 bits per heavy atom. The number of halogens is 4. The zero-order valence-electron chi connectivity index (χ0n) is 13.5. The molecule has 0 saturated heterocycles. The molecule has 4 nitrogen and oxygen atoms in total. The summed E-state index contributed by atoms with van der Waals surface area (Å²) in [4.78, 5) is 4.10. The van der Waals surface area contributed by atoms with Gasteiger partial charge < -0.3 is 15.4 Å². The van der Waals surface area contributed by atoms with E-state index in [4.69, 9.17) is 0 Å². The largest absolute Gasteiger partial charge is 0.434 e. The van der Waals surface area contributed by atoms with Gasteiger partial charge in [-0.3, -0.25) is 4.99 Å². The van der Waals surface area contributed by atoms with Crippen LogP contribution in [-0.4, -0.2) is 25.7 Å². The quantitative estimate of drug-likeness (QED) is 0.399. The highest BCUT2D eigenvalue weighted by atomic mass is 127. The lowest BCUT2D eigenvalue weighted by atomic mass is 9.96. The summed E-state index contributed by atoms with van der Waals surface area (Å²) in [6.45, 7) is -2.98. The average Bonchev–Trinajstić information content (AvgIpc) is 2.53. The third-order valence-corrected chi connectivity index (χ3v) is 3.89. The molecule has 1 aromatic carbocycles. The molecule has 8 heteroatoms. The monoisotopic (exact) mass is 457 g/mol. The van der Waals surface area contributed by atoms with Crippen LogP contribution in [0, 0.1) is 5.82 Å². The first-order valence-electron chi connectivity index (χ1n) is 7.79. The van der Waals surface area contributed by atoms with E-state index < -0.39 is 12.4 Å². The van der Waals surface area contributed by atoms with Crippen molar-refractivity contribution in [2.24, 2.45) is 4.99 Å². The summed E-state index contributed by atoms with van der Waals surface area (Å²) in [7, 11) is 1.62. The van der Waals surface area contributed by atoms with Crippen LogP contribution in [0.2, 0.25) is 0 Å². The van der Waals surface area contributed by atoms with Gasteiger partial charge in [-0.2, -0.15) is 8.78 Å². The second-order valence-corrected chi connectivity index (χ2v) is 5.50. The Morgan fingerprint density at radius 1 is 1.29 bits per heavy atom. The van der Waals surface area contributed by atoms with Crippen molar-refractivity contribution in [3.05, 3.63) is 29.6 Å². The minimum absolute atomic E-state index is 0. The minimum atomic E-state index is -2.99. The van der Waals surface area contributed by atoms with Gasteiger partial charge in [-0.1, -0.05) is 25.3 Å². The molecular weight excluding hydrogens is 434 g/mol. The highest BCUT2D eigenvalue weighted by Gasteiger charge is 2.16. The highest BCUT2D eigenvalue weighted by Crippen LogP contribution is 2.23. The lowest BCUT2D eigenvalue weighted by Crippen LogP contribution is -2.44. The third-order valence-electron chi connectivity index (χ3n) is 3.89. The first-order valence-corrected chi connectivity index (χ1v) is 7.79. The van der Waals surface area contributed by atoms with Crippen molar-refractivity contribution >= 4 is 29.9 Å². The van der Waals surface area contributed by atoms with Gasteiger partial charge in [-0.05, 0) is 25.0 Å². The van der Waals surface area contributed by atoms with Crippen molar-refractivity contribution in [1.29, 1.82) is 0 Å². The maximum atomic E-state index is 13.9. The van der Waals surface area contributed by atoms with Gasteiger partial charge in [0.1, 0.15) is 11.6 Å². The van der Waals surface area contributed by atoms with E-state index in [0.29, 0.717) is 12.0 Å². The number of benzene rings is 1. The summed E-state index contributed by atoms with van der Waals surface area (Å²) in [5.74, 6) is -0.229. The SMILES string of the molecule is CN=C(NCc1c(F)cccc1OC(F)F)NC1CCCCC1.I. The van der Waals surface area contributed by atoms with E-state index in [0.717, 1.165) is 12.8 Å². The maximum Gasteiger partial charge on any atom is 0.387 e. The van der Waals surface area contributed by atoms with E-state index in [-0.39, 0.29) is 41.8 Å². The summed E-state index contributed by atoms with van der Waals surface area (Å²) in [5.41, 5.74) is 0.0550. The molecule has 0 unspecified atom stereocenters. The van der Waals surface area contributed by atoms with Gasteiger partial charge in [-0.25, -0.2) is 4.39 Å². The smallest absolute Gasteiger partial charge is 0.387 e. The number of hydrogen-bond acceptors (Lipinski definition) is 2. The molecule has 0 spiro atoms. The number of aliphatic imine (C=N–C) groups is 1. The minimum Gasteiger partial charge on any atom is -0.434 e. The lowest BCUT2D eigenvalue weighted by Gasteiger charge is -2.25. The molecule has 1 fully saturated rings. The van der Waals surface area contributed by atoms with E-state index in [1.807, 2.05) is 0 Å². The number of rotatable bonds is 5. The average molecular weight is 457 g/mol. The number of ether oxygens (including phenoxy) is 1. The molecule has 1 saturated carbocycles. The van der Waals surface area contributed by atoms with E-state index in [2.05, 4.69) is 20.4 Å². The number of hydrogen-bond donors (Lipinski definition) is 2. The second kappa shape index (κ2) is 10.6. The zero-order chi connectivity index (χ0) is 16.7. The fraction of sp³-hybridized carbons (Fsp3) is 0.562. The van der Waals surface area contributed by atoms with Crippen LogP contribution in [0.15, 0.2) is 23.2 Å². The Hall–Kier alpha value is -1.19. The van der Waals surface area contributed by atoms with Crippen LogP contribution in [0.5, 0.6) is 5.75 Å². The lowest BCUT2D eigenvalue weighted by molar-refractivity contribution is -0.0506. The van der Waals surface area contributed by atoms with Crippen LogP contribution in [-0.2, 0) is 6.54 Å². The summed E-state index contributed by atoms with van der Waals surface area (Å²) in [6, 6.07) is 4.22. The Bertz CT molecular complexity index is 537. The Balaban J connectivity index is 0.00000288. The molecule has 0 aromatic heterocycles. The number of alkyl halides is 2. The zero-order valence-corrected chi connectivity index (χ0v) is 15.9. The van der Waals surface area contributed by atoms with E-state index >= 15 is 0 Å². The Kier molecular flexibility index (Phi) is 9.24. The van der Waals surface area contributed by atoms with E-state index in [1.54, 1.807) is 7.05 Å². The standard InChI is InChI=1S/C16H22F3N3O.HI/c1-20-16(22-11-6-3-2-4-7-11)21-10-12-13(17)8-5-9-14(12)23-15(18)19;/h5,8-9,11,15H,2-4,6-7,10H2,1H3,(H2,20,21,22);1H. The molecule has 24 heavy (non-hydrogen) atoms. The summed E-state index contributed by atoms with van der Waals surface area (Å²) >= 11 is 0. The first kappa shape index (κ1) is 20.9. The van der Waals surface area contributed by atoms with Crippen LogP contribution >= 0.6 is 24.0 Å². The van der Waals surface area contributed by atoms with Crippen molar-refractivity contribution < 1.29 is 17.9 Å². The van der Waals surface area contributed by atoms with E-state index in [9.17, 15) is 13.2 Å². The second-order valence-electron chi connectivity index (χ2n) is 5.50. The summed E-state index contributed by atoms with van der Waals surface area (Å²) in [6.07, 6.45) is 5.73. The third kappa shape index (κ3) is 6.37. The fourth-order valence-electron chi connectivity index (χ4n) is 2.72. The van der Waals surface area contributed by atoms with Crippen molar-refractivity contribution in [2.75, 3.05) is 7.05 Å². The van der Waals surface area contributed by atoms with Crippen LogP contribution in [0.1, 0.15) is 37.7 Å². The molecule has 0 aliphatic heterocycles. The Morgan fingerprint density at radius 2 is 2.00 bits per heavy atom. The van der Waals surface area contributed by atoms with Crippen molar-refractivity contribution in [1.82, 2.24) is 10.6 Å². The molecule has 2 rings (SSSR count). The van der Waals surface area contributed by atoms with Gasteiger partial charge in [0, 0.05) is 25.2 Å². The normalized spacial score (nSPS) is 15.8. The summed E-state index contributed by atoms with van der Waals surface area (Å²) < 4.78 is 43.1. The molecule has 1 aliphatic rings. The van der Waals surface area contributed by atoms with Gasteiger partial charge >= 0.3 is 6.61 Å². The predicted octanol–water partition coefficient (Wildman–Crippen LogP) is 4.04. The first-order chi connectivity index (χ1) is 11.1. The Labute approximate surface area is 157 Å². The predicted molar refractivity (Wildman–Crippen MR) is 98.7 cm³/mol. The van der Waals surface area contributed by atoms with Gasteiger partial charge in [0.25, 0.3) is 0 Å². The van der Waals surface area contributed by atoms with Crippen molar-refractivity contribution in [3.63, 3.8) is 0 Å². The number of nitrogens with one attached hydrogen (secondary N) is 2. The molecule has 0 bridgehead atoms. The summed E-state index contributed by atoms with van der Waals surface area (Å²) in [5, 5.41) is 6.24. The van der Waals surface area contributed by atoms with Crippen molar-refractivity contribution in [3.8, 4) is 5.75 Å². The maximum absolute atomic E-state index is 13.9. The molecule has 0 amide bonds. The van der Waals surface area contributed by atoms with Gasteiger partial charge in [0.05, 0.1) is 0 Å². The number of nitrogens with zero attached hydrogens (tertiary/aromatic N) is 1. The topological polar surface area (TPSA) is 45.7 Å². The van der Waals surface area contributed by atoms with E-state index in [1.165, 1.54) is 37.5 Å². The molecule has 0 radical (unpaired) electrons. The molecule has 2 N–H and O–H groups in total. The fourth-order valence-corrected chi connectivity index (χ4v) is 2.72.